The lowest BCUT2D eigenvalue weighted by Gasteiger charge is -2.16. The molecule has 0 radical (unpaired) electrons. The van der Waals surface area contributed by atoms with E-state index in [9.17, 15) is 13.6 Å². The van der Waals surface area contributed by atoms with Crippen molar-refractivity contribution < 1.29 is 22.7 Å². The zero-order chi connectivity index (χ0) is 18.4. The van der Waals surface area contributed by atoms with Gasteiger partial charge in [0.2, 0.25) is 5.91 Å². The van der Waals surface area contributed by atoms with E-state index in [1.807, 2.05) is 0 Å². The summed E-state index contributed by atoms with van der Waals surface area (Å²) in [6.07, 6.45) is 1.55. The van der Waals surface area contributed by atoms with Crippen molar-refractivity contribution in [2.24, 2.45) is 0 Å². The van der Waals surface area contributed by atoms with Crippen LogP contribution in [0, 0.1) is 13.8 Å². The summed E-state index contributed by atoms with van der Waals surface area (Å²) in [5.74, 6) is 0.729. The van der Waals surface area contributed by atoms with E-state index in [1.54, 1.807) is 51.3 Å². The van der Waals surface area contributed by atoms with Gasteiger partial charge in [-0.3, -0.25) is 4.79 Å². The van der Waals surface area contributed by atoms with Gasteiger partial charge in [-0.25, -0.2) is 0 Å². The Morgan fingerprint density at radius 2 is 1.92 bits per heavy atom. The summed E-state index contributed by atoms with van der Waals surface area (Å²) in [6, 6.07) is 6.67. The van der Waals surface area contributed by atoms with Gasteiger partial charge in [0.1, 0.15) is 11.5 Å². The molecule has 1 amide bonds. The maximum absolute atomic E-state index is 12.4. The molecule has 5 nitrogen and oxygen atoms in total. The first-order valence-corrected chi connectivity index (χ1v) is 7.95. The van der Waals surface area contributed by atoms with Crippen molar-refractivity contribution >= 4 is 5.91 Å². The first-order chi connectivity index (χ1) is 11.9. The molecule has 2 N–H and O–H groups in total. The smallest absolute Gasteiger partial charge is 0.387 e. The van der Waals surface area contributed by atoms with Crippen molar-refractivity contribution in [3.63, 3.8) is 0 Å². The highest BCUT2D eigenvalue weighted by atomic mass is 19.3. The molecule has 0 saturated heterocycles. The van der Waals surface area contributed by atoms with Crippen molar-refractivity contribution in [1.29, 1.82) is 0 Å². The molecule has 0 aliphatic carbocycles. The van der Waals surface area contributed by atoms with Crippen molar-refractivity contribution in [1.82, 2.24) is 10.6 Å². The Labute approximate surface area is 145 Å². The number of alkyl halides is 2. The van der Waals surface area contributed by atoms with Crippen molar-refractivity contribution in [2.45, 2.75) is 46.5 Å². The van der Waals surface area contributed by atoms with Crippen LogP contribution in [0.1, 0.15) is 29.4 Å². The Morgan fingerprint density at radius 1 is 1.24 bits per heavy atom. The molecule has 2 aromatic rings. The molecule has 1 aromatic carbocycles. The minimum absolute atomic E-state index is 0.150. The third-order valence-electron chi connectivity index (χ3n) is 3.75. The van der Waals surface area contributed by atoms with E-state index in [2.05, 4.69) is 15.4 Å². The van der Waals surface area contributed by atoms with E-state index in [0.717, 1.165) is 5.56 Å². The number of furan rings is 1. The number of aryl methyl sites for hydroxylation is 2. The number of carbonyl (C=O) groups is 1. The Bertz CT molecular complexity index is 679. The second-order valence-electron chi connectivity index (χ2n) is 5.84. The molecule has 0 aliphatic rings. The van der Waals surface area contributed by atoms with Crippen LogP contribution in [0.25, 0.3) is 0 Å². The zero-order valence-electron chi connectivity index (χ0n) is 14.4. The van der Waals surface area contributed by atoms with Gasteiger partial charge in [0.05, 0.1) is 18.8 Å². The molecule has 25 heavy (non-hydrogen) atoms. The Hall–Kier alpha value is -2.41. The van der Waals surface area contributed by atoms with Gasteiger partial charge in [0, 0.05) is 6.54 Å². The highest BCUT2D eigenvalue weighted by molar-refractivity contribution is 5.81. The second-order valence-corrected chi connectivity index (χ2v) is 5.84. The van der Waals surface area contributed by atoms with Gasteiger partial charge in [0.15, 0.2) is 0 Å². The number of halogens is 2. The molecule has 2 rings (SSSR count). The van der Waals surface area contributed by atoms with Gasteiger partial charge in [0.25, 0.3) is 0 Å². The lowest BCUT2D eigenvalue weighted by molar-refractivity contribution is -0.123. The van der Waals surface area contributed by atoms with Gasteiger partial charge in [-0.2, -0.15) is 8.78 Å². The van der Waals surface area contributed by atoms with E-state index < -0.39 is 12.7 Å². The van der Waals surface area contributed by atoms with Gasteiger partial charge < -0.3 is 19.8 Å². The lowest BCUT2D eigenvalue weighted by Crippen LogP contribution is -2.41. The molecule has 1 unspecified atom stereocenters. The number of hydrogen-bond donors (Lipinski definition) is 2. The highest BCUT2D eigenvalue weighted by Crippen LogP contribution is 2.26. The number of nitrogens with one attached hydrogen (secondary N) is 2. The molecule has 1 heterocycles. The average Bonchev–Trinajstić information content (AvgIpc) is 3.07. The molecule has 0 fully saturated rings. The van der Waals surface area contributed by atoms with E-state index in [1.165, 1.54) is 0 Å². The number of hydrogen-bond acceptors (Lipinski definition) is 4. The predicted molar refractivity (Wildman–Crippen MR) is 89.4 cm³/mol. The number of amides is 1. The maximum atomic E-state index is 12.4. The molecular formula is C18H22F2N2O3. The summed E-state index contributed by atoms with van der Waals surface area (Å²) in [7, 11) is 0. The van der Waals surface area contributed by atoms with Crippen molar-refractivity contribution in [3.8, 4) is 5.75 Å². The third kappa shape index (κ3) is 5.56. The van der Waals surface area contributed by atoms with Crippen molar-refractivity contribution in [3.05, 3.63) is 53.0 Å². The van der Waals surface area contributed by atoms with Crippen LogP contribution in [-0.2, 0) is 17.9 Å². The van der Waals surface area contributed by atoms with Crippen LogP contribution < -0.4 is 15.4 Å². The second kappa shape index (κ2) is 8.62. The fraction of sp³-hybridized carbons (Fsp3) is 0.389. The van der Waals surface area contributed by atoms with Crippen LogP contribution in [0.4, 0.5) is 8.78 Å². The number of ether oxygens (including phenoxy) is 1. The molecule has 1 atom stereocenters. The Morgan fingerprint density at radius 3 is 2.48 bits per heavy atom. The SMILES string of the molecule is Cc1cc(CNC(C)C(=O)NCc2ccco2)cc(C)c1OC(F)F. The van der Waals surface area contributed by atoms with Crippen LogP contribution >= 0.6 is 0 Å². The predicted octanol–water partition coefficient (Wildman–Crippen LogP) is 3.29. The van der Waals surface area contributed by atoms with Crippen LogP contribution in [0.5, 0.6) is 5.75 Å². The van der Waals surface area contributed by atoms with Crippen LogP contribution in [0.2, 0.25) is 0 Å². The number of benzene rings is 1. The Kier molecular flexibility index (Phi) is 6.52. The minimum Gasteiger partial charge on any atom is -0.467 e. The van der Waals surface area contributed by atoms with Crippen molar-refractivity contribution in [2.75, 3.05) is 0 Å². The summed E-state index contributed by atoms with van der Waals surface area (Å²) in [6.45, 7) is 3.11. The molecule has 1 aromatic heterocycles. The summed E-state index contributed by atoms with van der Waals surface area (Å²) in [5.41, 5.74) is 2.15. The van der Waals surface area contributed by atoms with Crippen LogP contribution in [0.15, 0.2) is 34.9 Å². The maximum Gasteiger partial charge on any atom is 0.387 e. The summed E-state index contributed by atoms with van der Waals surface area (Å²) >= 11 is 0. The largest absolute Gasteiger partial charge is 0.467 e. The number of rotatable bonds is 8. The first kappa shape index (κ1) is 18.9. The summed E-state index contributed by atoms with van der Waals surface area (Å²) < 4.78 is 34.5. The summed E-state index contributed by atoms with van der Waals surface area (Å²) in [4.78, 5) is 12.1. The van der Waals surface area contributed by atoms with E-state index in [-0.39, 0.29) is 11.7 Å². The molecular weight excluding hydrogens is 330 g/mol. The first-order valence-electron chi connectivity index (χ1n) is 7.95. The van der Waals surface area contributed by atoms with Crippen LogP contribution in [0.3, 0.4) is 0 Å². The minimum atomic E-state index is -2.85. The van der Waals surface area contributed by atoms with Gasteiger partial charge in [-0.1, -0.05) is 12.1 Å². The van der Waals surface area contributed by atoms with E-state index >= 15 is 0 Å². The average molecular weight is 352 g/mol. The number of carbonyl (C=O) groups excluding carboxylic acids is 1. The molecule has 136 valence electrons. The normalized spacial score (nSPS) is 12.2. The van der Waals surface area contributed by atoms with Gasteiger partial charge in [-0.05, 0) is 49.6 Å². The summed E-state index contributed by atoms with van der Waals surface area (Å²) in [5, 5.41) is 5.89. The standard InChI is InChI=1S/C18H22F2N2O3/c1-11-7-14(8-12(2)16(11)25-18(19)20)9-21-13(3)17(23)22-10-15-5-4-6-24-15/h4-8,13,18,21H,9-10H2,1-3H3,(H,22,23). The zero-order valence-corrected chi connectivity index (χ0v) is 14.4. The quantitative estimate of drug-likeness (QED) is 0.765. The fourth-order valence-corrected chi connectivity index (χ4v) is 2.52. The third-order valence-corrected chi connectivity index (χ3v) is 3.75. The van der Waals surface area contributed by atoms with Gasteiger partial charge in [-0.15, -0.1) is 0 Å². The lowest BCUT2D eigenvalue weighted by atomic mass is 10.1. The van der Waals surface area contributed by atoms with E-state index in [0.29, 0.717) is 30.0 Å². The highest BCUT2D eigenvalue weighted by Gasteiger charge is 2.14. The monoisotopic (exact) mass is 352 g/mol. The molecule has 0 saturated carbocycles. The van der Waals surface area contributed by atoms with E-state index in [4.69, 9.17) is 4.42 Å². The van der Waals surface area contributed by atoms with Gasteiger partial charge >= 0.3 is 6.61 Å². The topological polar surface area (TPSA) is 63.5 Å². The van der Waals surface area contributed by atoms with Crippen LogP contribution in [-0.4, -0.2) is 18.6 Å². The Balaban J connectivity index is 1.88. The molecule has 0 spiro atoms. The molecule has 0 bridgehead atoms. The molecule has 7 heteroatoms. The fourth-order valence-electron chi connectivity index (χ4n) is 2.52. The molecule has 0 aliphatic heterocycles.